The predicted octanol–water partition coefficient (Wildman–Crippen LogP) is 2.35. The maximum absolute atomic E-state index is 11.2. The number of aromatic nitrogens is 2. The van der Waals surface area contributed by atoms with Crippen LogP contribution >= 0.6 is 22.6 Å². The van der Waals surface area contributed by atoms with Crippen LogP contribution in [0.1, 0.15) is 37.0 Å². The van der Waals surface area contributed by atoms with Gasteiger partial charge in [0.05, 0.1) is 5.69 Å². The zero-order valence-electron chi connectivity index (χ0n) is 7.84. The van der Waals surface area contributed by atoms with Crippen LogP contribution in [0, 0.1) is 0 Å². The summed E-state index contributed by atoms with van der Waals surface area (Å²) in [6, 6.07) is 0. The van der Waals surface area contributed by atoms with Gasteiger partial charge in [-0.15, -0.1) is 0 Å². The van der Waals surface area contributed by atoms with Crippen LogP contribution in [-0.4, -0.2) is 13.8 Å². The summed E-state index contributed by atoms with van der Waals surface area (Å²) in [6.07, 6.45) is 3.16. The van der Waals surface area contributed by atoms with Gasteiger partial charge >= 0.3 is 0 Å². The summed E-state index contributed by atoms with van der Waals surface area (Å²) in [7, 11) is 0. The zero-order chi connectivity index (χ0) is 10.1. The first-order valence-electron chi connectivity index (χ1n) is 3.94. The van der Waals surface area contributed by atoms with Crippen LogP contribution in [-0.2, 0) is 5.41 Å². The number of carbonyl (C=O) groups is 1. The van der Waals surface area contributed by atoms with Crippen molar-refractivity contribution in [3.63, 3.8) is 0 Å². The molecular weight excluding hydrogens is 279 g/mol. The fourth-order valence-electron chi connectivity index (χ4n) is 1.03. The minimum Gasteiger partial charge on any atom is -0.280 e. The van der Waals surface area contributed by atoms with E-state index in [9.17, 15) is 4.79 Å². The van der Waals surface area contributed by atoms with Crippen LogP contribution in [0.2, 0.25) is 0 Å². The molecule has 0 atom stereocenters. The highest BCUT2D eigenvalue weighted by Crippen LogP contribution is 2.23. The van der Waals surface area contributed by atoms with Crippen LogP contribution < -0.4 is 0 Å². The van der Waals surface area contributed by atoms with Gasteiger partial charge in [0.25, 0.3) is 0 Å². The van der Waals surface area contributed by atoms with Crippen LogP contribution in [0.4, 0.5) is 0 Å². The van der Waals surface area contributed by atoms with E-state index >= 15 is 0 Å². The van der Waals surface area contributed by atoms with Crippen molar-refractivity contribution < 1.29 is 4.79 Å². The zero-order valence-corrected chi connectivity index (χ0v) is 9.99. The van der Waals surface area contributed by atoms with Crippen molar-refractivity contribution in [2.45, 2.75) is 26.2 Å². The Bertz CT molecular complexity index is 331. The summed E-state index contributed by atoms with van der Waals surface area (Å²) in [5, 5.41) is 0. The van der Waals surface area contributed by atoms with Gasteiger partial charge in [0.15, 0.2) is 0 Å². The lowest BCUT2D eigenvalue weighted by Gasteiger charge is -2.18. The molecule has 1 aromatic rings. The van der Waals surface area contributed by atoms with Gasteiger partial charge in [-0.3, -0.25) is 9.78 Å². The molecule has 4 heteroatoms. The maximum atomic E-state index is 11.2. The number of carbonyl (C=O) groups excluding carboxylic acids is 1. The van der Waals surface area contributed by atoms with Gasteiger partial charge in [-0.1, -0.05) is 20.8 Å². The van der Waals surface area contributed by atoms with Gasteiger partial charge in [-0.05, 0) is 0 Å². The molecule has 1 rings (SSSR count). The van der Waals surface area contributed by atoms with Crippen LogP contribution in [0.3, 0.4) is 0 Å². The highest BCUT2D eigenvalue weighted by molar-refractivity contribution is 14.1. The Kier molecular flexibility index (Phi) is 3.00. The molecule has 0 saturated heterocycles. The molecule has 0 fully saturated rings. The Balaban J connectivity index is 3.28. The smallest absolute Gasteiger partial charge is 0.242 e. The normalized spacial score (nSPS) is 11.4. The molecule has 0 spiro atoms. The lowest BCUT2D eigenvalue weighted by Crippen LogP contribution is -2.18. The molecule has 0 amide bonds. The Hall–Kier alpha value is -0.520. The van der Waals surface area contributed by atoms with E-state index in [1.165, 1.54) is 0 Å². The molecule has 0 aliphatic heterocycles. The summed E-state index contributed by atoms with van der Waals surface area (Å²) in [6.45, 7) is 6.04. The van der Waals surface area contributed by atoms with Gasteiger partial charge in [0, 0.05) is 40.4 Å². The lowest BCUT2D eigenvalue weighted by atomic mass is 9.90. The molecule has 0 saturated carbocycles. The van der Waals surface area contributed by atoms with E-state index < -0.39 is 0 Å². The second-order valence-corrected chi connectivity index (χ2v) is 4.76. The molecule has 13 heavy (non-hydrogen) atoms. The molecule has 0 radical (unpaired) electrons. The van der Waals surface area contributed by atoms with E-state index in [0.717, 1.165) is 5.69 Å². The van der Waals surface area contributed by atoms with Gasteiger partial charge in [-0.25, -0.2) is 4.98 Å². The van der Waals surface area contributed by atoms with Gasteiger partial charge in [0.1, 0.15) is 5.69 Å². The first-order chi connectivity index (χ1) is 5.93. The van der Waals surface area contributed by atoms with Crippen molar-refractivity contribution in [3.05, 3.63) is 23.8 Å². The highest BCUT2D eigenvalue weighted by Gasteiger charge is 2.22. The molecular formula is C9H11IN2O. The lowest BCUT2D eigenvalue weighted by molar-refractivity contribution is 0.109. The maximum Gasteiger partial charge on any atom is 0.242 e. The predicted molar refractivity (Wildman–Crippen MR) is 59.1 cm³/mol. The van der Waals surface area contributed by atoms with E-state index in [0.29, 0.717) is 5.69 Å². The minimum atomic E-state index is -0.134. The number of halogens is 1. The van der Waals surface area contributed by atoms with E-state index in [1.54, 1.807) is 35.0 Å². The van der Waals surface area contributed by atoms with Crippen molar-refractivity contribution in [3.8, 4) is 0 Å². The van der Waals surface area contributed by atoms with Crippen LogP contribution in [0.25, 0.3) is 0 Å². The second kappa shape index (κ2) is 3.69. The third kappa shape index (κ3) is 2.46. The van der Waals surface area contributed by atoms with Crippen molar-refractivity contribution in [2.24, 2.45) is 0 Å². The topological polar surface area (TPSA) is 42.9 Å². The molecule has 1 heterocycles. The van der Waals surface area contributed by atoms with Gasteiger partial charge in [-0.2, -0.15) is 0 Å². The largest absolute Gasteiger partial charge is 0.280 e. The molecule has 0 aromatic carbocycles. The molecule has 1 aromatic heterocycles. The van der Waals surface area contributed by atoms with Crippen molar-refractivity contribution in [2.75, 3.05) is 0 Å². The Labute approximate surface area is 91.1 Å². The number of rotatable bonds is 1. The molecule has 3 nitrogen and oxygen atoms in total. The summed E-state index contributed by atoms with van der Waals surface area (Å²) < 4.78 is -0.0596. The monoisotopic (exact) mass is 290 g/mol. The van der Waals surface area contributed by atoms with E-state index in [4.69, 9.17) is 0 Å². The standard InChI is InChI=1S/C9H11IN2O/c1-9(2,3)7-6(8(10)13)11-4-5-12-7/h4-5H,1-3H3. The third-order valence-corrected chi connectivity index (χ3v) is 2.11. The molecule has 70 valence electrons. The first-order valence-corrected chi connectivity index (χ1v) is 5.02. The van der Waals surface area contributed by atoms with E-state index in [1.807, 2.05) is 20.8 Å². The average Bonchev–Trinajstić information content (AvgIpc) is 2.03. The van der Waals surface area contributed by atoms with Crippen molar-refractivity contribution in [1.82, 2.24) is 9.97 Å². The van der Waals surface area contributed by atoms with Crippen LogP contribution in [0.5, 0.6) is 0 Å². The number of hydrogen-bond acceptors (Lipinski definition) is 3. The fourth-order valence-corrected chi connectivity index (χ4v) is 1.43. The average molecular weight is 290 g/mol. The molecule has 0 aliphatic rings. The molecule has 0 bridgehead atoms. The Morgan fingerprint density at radius 2 is 1.85 bits per heavy atom. The molecule has 0 unspecified atom stereocenters. The van der Waals surface area contributed by atoms with Gasteiger partial charge < -0.3 is 0 Å². The number of nitrogens with zero attached hydrogens (tertiary/aromatic N) is 2. The third-order valence-electron chi connectivity index (χ3n) is 1.59. The molecule has 0 N–H and O–H groups in total. The Morgan fingerprint density at radius 1 is 1.31 bits per heavy atom. The molecule has 0 aliphatic carbocycles. The second-order valence-electron chi connectivity index (χ2n) is 3.78. The van der Waals surface area contributed by atoms with Crippen molar-refractivity contribution in [1.29, 1.82) is 0 Å². The summed E-state index contributed by atoms with van der Waals surface area (Å²) in [5.41, 5.74) is 1.09. The van der Waals surface area contributed by atoms with Gasteiger partial charge in [0.2, 0.25) is 3.79 Å². The van der Waals surface area contributed by atoms with Crippen molar-refractivity contribution >= 4 is 26.4 Å². The quantitative estimate of drug-likeness (QED) is 0.589. The summed E-state index contributed by atoms with van der Waals surface area (Å²) >= 11 is 1.73. The minimum absolute atomic E-state index is 0.0596. The SMILES string of the molecule is CC(C)(C)c1nccnc1C(=O)I. The highest BCUT2D eigenvalue weighted by atomic mass is 127. The fraction of sp³-hybridized carbons (Fsp3) is 0.444. The number of hydrogen-bond donors (Lipinski definition) is 0. The van der Waals surface area contributed by atoms with E-state index in [-0.39, 0.29) is 9.20 Å². The summed E-state index contributed by atoms with van der Waals surface area (Å²) in [4.78, 5) is 19.4. The van der Waals surface area contributed by atoms with E-state index in [2.05, 4.69) is 9.97 Å². The Morgan fingerprint density at radius 3 is 2.23 bits per heavy atom. The summed E-state index contributed by atoms with van der Waals surface area (Å²) in [5.74, 6) is 0. The van der Waals surface area contributed by atoms with Crippen LogP contribution in [0.15, 0.2) is 12.4 Å². The first kappa shape index (κ1) is 10.6.